The smallest absolute Gasteiger partial charge is 0.165 e. The fourth-order valence-corrected chi connectivity index (χ4v) is 22.2. The maximum atomic E-state index is 5.38. The van der Waals surface area contributed by atoms with Gasteiger partial charge in [-0.2, -0.15) is 0 Å². The van der Waals surface area contributed by atoms with Crippen LogP contribution >= 0.6 is 0 Å². The molecule has 18 bridgehead atoms. The molecule has 12 aromatic carbocycles. The zero-order chi connectivity index (χ0) is 90.4. The largest absolute Gasteiger partial charge is 0.291 e. The number of aryl methyl sites for hydroxylation is 12. The standard InChI is InChI=1S/3C37H26N8/c1-18-9-6-14-23-26(18)32-39-31(23)41-36-28-20(3)11-7-15-24(28)34-40-30-22-13-5-10-19(2)27(22)33(38-30)43-37-29-21(4)12-8-16-25(29)35(42-32)45(37)17-44(34)36;1-18-9-5-13-22-26(18)32-38-30(22)40-36-29-21(4)12-8-16-25(29)35-43-33-27-19(2)10-6-14-23(27)31(39-33)41-37-28-20(3)11-7-15-24(28)34(42-32)44(37)17-45(35)36;1-18-9-5-13-22-26(18)32-38-30(22)40-34-24-15-7-11-20(3)28(24)36-41-31-23-14-6-10-19(2)27(23)33(39-31)43-37-29-21(4)12-8-16-25(29)35(42-32)45(37)17-44(34)36/h3*5-16H,17H2,1-4H3. The molecule has 0 amide bonds. The van der Waals surface area contributed by atoms with Gasteiger partial charge in [-0.15, -0.1) is 0 Å². The molecule has 0 fully saturated rings. The van der Waals surface area contributed by atoms with E-state index < -0.39 is 0 Å². The number of aromatic nitrogens is 6. The monoisotopic (exact) mass is 1750 g/mol. The van der Waals surface area contributed by atoms with E-state index in [9.17, 15) is 0 Å². The first kappa shape index (κ1) is 76.6. The van der Waals surface area contributed by atoms with E-state index in [0.717, 1.165) is 266 Å². The van der Waals surface area contributed by atoms with E-state index in [1.807, 2.05) is 0 Å². The lowest BCUT2D eigenvalue weighted by molar-refractivity contribution is 0.583. The molecule has 0 saturated carbocycles. The number of fused-ring (bicyclic) bond motifs is 42. The third-order valence-electron chi connectivity index (χ3n) is 28.6. The molecule has 0 unspecified atom stereocenters. The van der Waals surface area contributed by atoms with E-state index in [-0.39, 0.29) is 0 Å². The summed E-state index contributed by atoms with van der Waals surface area (Å²) in [6.07, 6.45) is 0. The molecular formula is C111H78N24. The molecule has 12 aliphatic heterocycles. The van der Waals surface area contributed by atoms with Crippen LogP contribution in [0.3, 0.4) is 0 Å². The number of hydrogen-bond donors (Lipinski definition) is 0. The highest BCUT2D eigenvalue weighted by Crippen LogP contribution is 2.48. The molecule has 6 aromatic heterocycles. The first-order chi connectivity index (χ1) is 65.9. The molecule has 0 radical (unpaired) electrons. The Balaban J connectivity index is 0.000000101. The van der Waals surface area contributed by atoms with Gasteiger partial charge in [-0.1, -0.05) is 218 Å². The maximum Gasteiger partial charge on any atom is 0.165 e. The van der Waals surface area contributed by atoms with Crippen LogP contribution in [0.4, 0.5) is 34.9 Å². The van der Waals surface area contributed by atoms with Gasteiger partial charge in [0.05, 0.1) is 0 Å². The van der Waals surface area contributed by atoms with Crippen molar-refractivity contribution in [3.63, 3.8) is 0 Å². The van der Waals surface area contributed by atoms with E-state index in [4.69, 9.17) is 89.9 Å². The molecule has 0 saturated heterocycles. The average Bonchev–Trinajstić information content (AvgIpc) is 1.56. The van der Waals surface area contributed by atoms with E-state index in [1.54, 1.807) is 0 Å². The molecule has 0 aliphatic carbocycles. The molecule has 0 N–H and O–H groups in total. The normalized spacial score (nSPS) is 15.5. The highest BCUT2D eigenvalue weighted by Gasteiger charge is 2.38. The quantitative estimate of drug-likeness (QED) is 0.137. The molecule has 30 rings (SSSR count). The van der Waals surface area contributed by atoms with E-state index >= 15 is 0 Å². The lowest BCUT2D eigenvalue weighted by atomic mass is 10.0. The minimum absolute atomic E-state index is 0.420. The molecule has 12 aliphatic rings. The topological polar surface area (TPSA) is 252 Å². The molecule has 18 aromatic rings. The molecule has 642 valence electrons. The molecule has 135 heavy (non-hydrogen) atoms. The Labute approximate surface area is 770 Å². The molecule has 18 heterocycles. The Kier molecular flexibility index (Phi) is 15.7. The molecule has 0 spiro atoms. The minimum atomic E-state index is 0.420. The van der Waals surface area contributed by atoms with Crippen LogP contribution in [0.25, 0.3) is 64.6 Å². The Bertz CT molecular complexity index is 9540. The van der Waals surface area contributed by atoms with Crippen molar-refractivity contribution in [3.05, 3.63) is 385 Å². The molecular weight excluding hydrogens is 1670 g/mol. The lowest BCUT2D eigenvalue weighted by Gasteiger charge is -2.13. The summed E-state index contributed by atoms with van der Waals surface area (Å²) in [6, 6.07) is 75.9. The molecule has 24 heteroatoms. The number of benzene rings is 12. The SMILES string of the molecule is Cc1cccc2c1C1=NC2=Nc2c3c(C)cccc3c3n2Cn2c(c4cccc(C)c4c2=NC2=NC(=N3)c3c(C)cccc32)=N1.Cc1cccc2c1C1=Nc3c4cccc(C)c4c4n3Cn3c(c5cccc(C)c5c3=NC2=N1)=NC1=NC(=N4)c2c(C)cccc21.Cc1cccc2c1C1=Nc3c4cccc(C)c4c4n3Cn3c(c5cccc(C)c5c3=NC3=NC(=N4)c4c(C)cccc43)=NC2=N1. The summed E-state index contributed by atoms with van der Waals surface area (Å²) in [5.41, 5.74) is 30.3. The number of aliphatic imine (C=N–C) groups is 12. The van der Waals surface area contributed by atoms with Gasteiger partial charge in [0.25, 0.3) is 0 Å². The maximum absolute atomic E-state index is 5.38. The van der Waals surface area contributed by atoms with Crippen molar-refractivity contribution in [1.82, 2.24) is 27.4 Å². The Morgan fingerprint density at radius 3 is 0.585 bits per heavy atom. The minimum Gasteiger partial charge on any atom is -0.291 e. The van der Waals surface area contributed by atoms with Crippen molar-refractivity contribution in [1.29, 1.82) is 0 Å². The first-order valence-corrected chi connectivity index (χ1v) is 45.6. The van der Waals surface area contributed by atoms with Gasteiger partial charge in [0.2, 0.25) is 0 Å². The lowest BCUT2D eigenvalue weighted by Crippen LogP contribution is -2.32. The van der Waals surface area contributed by atoms with Gasteiger partial charge in [0.1, 0.15) is 87.8 Å². The Morgan fingerprint density at radius 2 is 0.326 bits per heavy atom. The van der Waals surface area contributed by atoms with Crippen LogP contribution < -0.4 is 32.9 Å². The van der Waals surface area contributed by atoms with Gasteiger partial charge < -0.3 is 0 Å². The average molecular weight is 1750 g/mol. The van der Waals surface area contributed by atoms with Crippen LogP contribution in [0.1, 0.15) is 134 Å². The first-order valence-electron chi connectivity index (χ1n) is 45.6. The van der Waals surface area contributed by atoms with Crippen LogP contribution in [-0.2, 0) is 20.0 Å². The Morgan fingerprint density at radius 1 is 0.148 bits per heavy atom. The van der Waals surface area contributed by atoms with Crippen molar-refractivity contribution in [2.24, 2.45) is 89.9 Å². The summed E-state index contributed by atoms with van der Waals surface area (Å²) in [5, 5.41) is 12.5. The second kappa shape index (κ2) is 27.7. The fourth-order valence-electron chi connectivity index (χ4n) is 22.2. The highest BCUT2D eigenvalue weighted by molar-refractivity contribution is 6.30. The zero-order valence-corrected chi connectivity index (χ0v) is 75.6. The molecule has 0 atom stereocenters. The van der Waals surface area contributed by atoms with Crippen molar-refractivity contribution in [2.45, 2.75) is 103 Å². The van der Waals surface area contributed by atoms with Gasteiger partial charge in [0, 0.05) is 131 Å². The second-order valence-corrected chi connectivity index (χ2v) is 36.7. The predicted octanol–water partition coefficient (Wildman–Crippen LogP) is 18.8. The van der Waals surface area contributed by atoms with Crippen molar-refractivity contribution >= 4 is 170 Å². The van der Waals surface area contributed by atoms with E-state index in [0.29, 0.717) is 90.0 Å². The summed E-state index contributed by atoms with van der Waals surface area (Å²) in [6.45, 7) is 26.8. The summed E-state index contributed by atoms with van der Waals surface area (Å²) in [4.78, 5) is 95.0. The van der Waals surface area contributed by atoms with Gasteiger partial charge in [-0.05, 0) is 150 Å². The van der Waals surface area contributed by atoms with Crippen molar-refractivity contribution < 1.29 is 0 Å². The van der Waals surface area contributed by atoms with Gasteiger partial charge in [-0.25, -0.2) is 89.9 Å². The summed E-state index contributed by atoms with van der Waals surface area (Å²) in [5.74, 6) is 12.9. The van der Waals surface area contributed by atoms with Gasteiger partial charge in [-0.3, -0.25) is 27.4 Å². The molecule has 24 nitrogen and oxygen atoms in total. The third kappa shape index (κ3) is 10.7. The summed E-state index contributed by atoms with van der Waals surface area (Å²) >= 11 is 0. The summed E-state index contributed by atoms with van der Waals surface area (Å²) in [7, 11) is 0. The van der Waals surface area contributed by atoms with Crippen LogP contribution in [0.15, 0.2) is 308 Å². The number of rotatable bonds is 0. The van der Waals surface area contributed by atoms with Crippen molar-refractivity contribution in [2.75, 3.05) is 0 Å². The van der Waals surface area contributed by atoms with Gasteiger partial charge in [0.15, 0.2) is 70.0 Å². The fraction of sp³-hybridized carbons (Fsp3) is 0.135. The highest BCUT2D eigenvalue weighted by atomic mass is 15.3. The third-order valence-corrected chi connectivity index (χ3v) is 28.6. The van der Waals surface area contributed by atoms with Crippen LogP contribution in [0, 0.1) is 83.1 Å². The van der Waals surface area contributed by atoms with Gasteiger partial charge >= 0.3 is 0 Å². The van der Waals surface area contributed by atoms with Crippen molar-refractivity contribution in [3.8, 4) is 0 Å². The number of nitrogens with zero attached hydrogens (tertiary/aromatic N) is 24. The Hall–Kier alpha value is -17.3. The van der Waals surface area contributed by atoms with Crippen LogP contribution in [0.5, 0.6) is 0 Å². The number of hydrogen-bond acceptors (Lipinski definition) is 18. The van der Waals surface area contributed by atoms with Crippen LogP contribution in [-0.4, -0.2) is 97.4 Å². The second-order valence-electron chi connectivity index (χ2n) is 36.7. The predicted molar refractivity (Wildman–Crippen MR) is 537 cm³/mol. The van der Waals surface area contributed by atoms with Crippen LogP contribution in [0.2, 0.25) is 0 Å². The zero-order valence-electron chi connectivity index (χ0n) is 75.6. The summed E-state index contributed by atoms with van der Waals surface area (Å²) < 4.78 is 13.2. The number of amidine groups is 12. The van der Waals surface area contributed by atoms with E-state index in [2.05, 4.69) is 329 Å². The van der Waals surface area contributed by atoms with E-state index in [1.165, 1.54) is 0 Å².